The van der Waals surface area contributed by atoms with E-state index in [4.69, 9.17) is 0 Å². The van der Waals surface area contributed by atoms with Crippen molar-refractivity contribution in [3.8, 4) is 0 Å². The topological polar surface area (TPSA) is 45.2 Å². The molecular formula is C16H22FN3O. The number of nitrogens with one attached hydrogen (secondary N) is 1. The Hall–Kier alpha value is -1.49. The molecule has 1 aromatic heterocycles. The third kappa shape index (κ3) is 3.07. The highest BCUT2D eigenvalue weighted by atomic mass is 19.1. The molecule has 2 aliphatic rings. The molecule has 114 valence electrons. The molecule has 2 atom stereocenters. The summed E-state index contributed by atoms with van der Waals surface area (Å²) in [7, 11) is 0. The lowest BCUT2D eigenvalue weighted by Crippen LogP contribution is -2.50. The normalized spacial score (nSPS) is 27.6. The highest BCUT2D eigenvalue weighted by molar-refractivity contribution is 5.92. The van der Waals surface area contributed by atoms with Crippen LogP contribution in [0.5, 0.6) is 0 Å². The maximum atomic E-state index is 13.0. The lowest BCUT2D eigenvalue weighted by molar-refractivity contribution is 0.0610. The quantitative estimate of drug-likeness (QED) is 0.926. The molecule has 5 heteroatoms. The number of halogens is 1. The number of hydrogen-bond acceptors (Lipinski definition) is 3. The van der Waals surface area contributed by atoms with Gasteiger partial charge >= 0.3 is 0 Å². The molecule has 3 rings (SSSR count). The molecule has 3 heterocycles. The van der Waals surface area contributed by atoms with Crippen molar-refractivity contribution in [1.29, 1.82) is 0 Å². The molecule has 1 amide bonds. The summed E-state index contributed by atoms with van der Waals surface area (Å²) in [6.45, 7) is 2.82. The third-order valence-corrected chi connectivity index (χ3v) is 4.56. The minimum absolute atomic E-state index is 0.0665. The van der Waals surface area contributed by atoms with Crippen molar-refractivity contribution < 1.29 is 9.18 Å². The van der Waals surface area contributed by atoms with Gasteiger partial charge in [-0.1, -0.05) is 6.92 Å². The van der Waals surface area contributed by atoms with Gasteiger partial charge in [-0.15, -0.1) is 0 Å². The van der Waals surface area contributed by atoms with Crippen molar-refractivity contribution in [1.82, 2.24) is 15.2 Å². The summed E-state index contributed by atoms with van der Waals surface area (Å²) in [4.78, 5) is 18.6. The fourth-order valence-electron chi connectivity index (χ4n) is 3.62. The molecule has 0 aliphatic carbocycles. The predicted octanol–water partition coefficient (Wildman–Crippen LogP) is 2.36. The van der Waals surface area contributed by atoms with Crippen LogP contribution in [-0.2, 0) is 0 Å². The molecular weight excluding hydrogens is 269 g/mol. The maximum absolute atomic E-state index is 13.0. The zero-order chi connectivity index (χ0) is 14.8. The monoisotopic (exact) mass is 291 g/mol. The first-order valence-corrected chi connectivity index (χ1v) is 7.86. The fraction of sp³-hybridized carbons (Fsp3) is 0.625. The second-order valence-corrected chi connectivity index (χ2v) is 6.12. The van der Waals surface area contributed by atoms with Gasteiger partial charge < -0.3 is 10.2 Å². The zero-order valence-electron chi connectivity index (χ0n) is 12.4. The van der Waals surface area contributed by atoms with Crippen LogP contribution in [0, 0.1) is 5.82 Å². The number of amides is 1. The van der Waals surface area contributed by atoms with Crippen molar-refractivity contribution in [3.63, 3.8) is 0 Å². The third-order valence-electron chi connectivity index (χ3n) is 4.56. The van der Waals surface area contributed by atoms with Crippen LogP contribution in [0.2, 0.25) is 0 Å². The van der Waals surface area contributed by atoms with Crippen LogP contribution in [-0.4, -0.2) is 40.5 Å². The van der Waals surface area contributed by atoms with E-state index in [9.17, 15) is 9.18 Å². The van der Waals surface area contributed by atoms with E-state index in [2.05, 4.69) is 17.2 Å². The van der Waals surface area contributed by atoms with Gasteiger partial charge in [-0.2, -0.15) is 0 Å². The summed E-state index contributed by atoms with van der Waals surface area (Å²) in [5, 5.41) is 3.60. The molecule has 0 spiro atoms. The van der Waals surface area contributed by atoms with Crippen molar-refractivity contribution in [2.75, 3.05) is 6.54 Å². The number of fused-ring (bicyclic) bond motifs is 2. The average molecular weight is 291 g/mol. The number of hydrogen-bond donors (Lipinski definition) is 1. The molecule has 0 radical (unpaired) electrons. The molecule has 0 aromatic carbocycles. The summed E-state index contributed by atoms with van der Waals surface area (Å²) in [5.74, 6) is -0.475. The molecule has 21 heavy (non-hydrogen) atoms. The summed E-state index contributed by atoms with van der Waals surface area (Å²) < 4.78 is 13.0. The summed E-state index contributed by atoms with van der Waals surface area (Å²) in [5.41, 5.74) is 0.343. The Morgan fingerprint density at radius 3 is 2.67 bits per heavy atom. The smallest absolute Gasteiger partial charge is 0.272 e. The van der Waals surface area contributed by atoms with Gasteiger partial charge in [0.05, 0.1) is 6.20 Å². The predicted molar refractivity (Wildman–Crippen MR) is 78.5 cm³/mol. The maximum Gasteiger partial charge on any atom is 0.272 e. The number of aromatic nitrogens is 1. The largest absolute Gasteiger partial charge is 0.334 e. The van der Waals surface area contributed by atoms with Gasteiger partial charge in [-0.05, 0) is 44.2 Å². The van der Waals surface area contributed by atoms with E-state index in [0.717, 1.165) is 32.0 Å². The lowest BCUT2D eigenvalue weighted by Gasteiger charge is -2.37. The number of carbonyl (C=O) groups excluding carboxylic acids is 1. The van der Waals surface area contributed by atoms with Gasteiger partial charge in [0, 0.05) is 24.7 Å². The summed E-state index contributed by atoms with van der Waals surface area (Å²) >= 11 is 0. The standard InChI is InChI=1S/C16H22FN3O/c1-2-7-20(14-8-12-4-5-13(9-14)19-12)16(21)15-6-3-11(17)10-18-15/h3,6,10,12-14,19H,2,4-5,7-9H2,1H3. The van der Waals surface area contributed by atoms with Gasteiger partial charge in [0.2, 0.25) is 0 Å². The van der Waals surface area contributed by atoms with E-state index in [0.29, 0.717) is 17.8 Å². The SMILES string of the molecule is CCCN(C(=O)c1ccc(F)cn1)C1CC2CCC(C1)N2. The molecule has 1 N–H and O–H groups in total. The minimum Gasteiger partial charge on any atom is -0.334 e. The first-order chi connectivity index (χ1) is 10.2. The number of nitrogens with zero attached hydrogens (tertiary/aromatic N) is 2. The number of pyridine rings is 1. The Morgan fingerprint density at radius 1 is 1.38 bits per heavy atom. The van der Waals surface area contributed by atoms with Gasteiger partial charge in [0.1, 0.15) is 11.5 Å². The zero-order valence-corrected chi connectivity index (χ0v) is 12.4. The molecule has 2 aliphatic heterocycles. The Morgan fingerprint density at radius 2 is 2.10 bits per heavy atom. The van der Waals surface area contributed by atoms with Crippen molar-refractivity contribution in [3.05, 3.63) is 29.8 Å². The molecule has 2 unspecified atom stereocenters. The number of piperidine rings is 1. The molecule has 2 fully saturated rings. The lowest BCUT2D eigenvalue weighted by atomic mass is 9.97. The van der Waals surface area contributed by atoms with Crippen molar-refractivity contribution >= 4 is 5.91 Å². The van der Waals surface area contributed by atoms with Crippen LogP contribution in [0.4, 0.5) is 4.39 Å². The van der Waals surface area contributed by atoms with Gasteiger partial charge in [0.15, 0.2) is 0 Å². The average Bonchev–Trinajstić information content (AvgIpc) is 2.83. The van der Waals surface area contributed by atoms with E-state index in [1.165, 1.54) is 25.0 Å². The number of carbonyl (C=O) groups is 1. The van der Waals surface area contributed by atoms with E-state index in [1.807, 2.05) is 4.90 Å². The highest BCUT2D eigenvalue weighted by Crippen LogP contribution is 2.30. The van der Waals surface area contributed by atoms with Gasteiger partial charge in [-0.25, -0.2) is 9.37 Å². The first kappa shape index (κ1) is 14.4. The summed E-state index contributed by atoms with van der Waals surface area (Å²) in [6, 6.07) is 4.15. The number of rotatable bonds is 4. The van der Waals surface area contributed by atoms with Crippen LogP contribution in [0.1, 0.15) is 49.5 Å². The van der Waals surface area contributed by atoms with Crippen molar-refractivity contribution in [2.24, 2.45) is 0 Å². The van der Waals surface area contributed by atoms with Crippen LogP contribution in [0.15, 0.2) is 18.3 Å². The Kier molecular flexibility index (Phi) is 4.19. The second-order valence-electron chi connectivity index (χ2n) is 6.12. The highest BCUT2D eigenvalue weighted by Gasteiger charge is 2.37. The van der Waals surface area contributed by atoms with E-state index in [1.54, 1.807) is 0 Å². The molecule has 2 saturated heterocycles. The molecule has 2 bridgehead atoms. The Bertz CT molecular complexity index is 493. The Balaban J connectivity index is 1.77. The Labute approximate surface area is 124 Å². The first-order valence-electron chi connectivity index (χ1n) is 7.86. The second kappa shape index (κ2) is 6.10. The van der Waals surface area contributed by atoms with Crippen LogP contribution < -0.4 is 5.32 Å². The van der Waals surface area contributed by atoms with Gasteiger partial charge in [-0.3, -0.25) is 4.79 Å². The summed E-state index contributed by atoms with van der Waals surface area (Å²) in [6.07, 6.45) is 6.50. The molecule has 0 saturated carbocycles. The van der Waals surface area contributed by atoms with Crippen LogP contribution in [0.25, 0.3) is 0 Å². The van der Waals surface area contributed by atoms with Gasteiger partial charge in [0.25, 0.3) is 5.91 Å². The fourth-order valence-corrected chi connectivity index (χ4v) is 3.62. The minimum atomic E-state index is -0.409. The van der Waals surface area contributed by atoms with E-state index in [-0.39, 0.29) is 11.9 Å². The van der Waals surface area contributed by atoms with Crippen LogP contribution >= 0.6 is 0 Å². The molecule has 4 nitrogen and oxygen atoms in total. The van der Waals surface area contributed by atoms with E-state index < -0.39 is 5.82 Å². The molecule has 1 aromatic rings. The van der Waals surface area contributed by atoms with E-state index >= 15 is 0 Å². The van der Waals surface area contributed by atoms with Crippen LogP contribution in [0.3, 0.4) is 0 Å². The van der Waals surface area contributed by atoms with Crippen molar-refractivity contribution in [2.45, 2.75) is 57.2 Å².